The van der Waals surface area contributed by atoms with Gasteiger partial charge < -0.3 is 10.1 Å². The lowest BCUT2D eigenvalue weighted by Crippen LogP contribution is -2.31. The SMILES string of the molecule is CCOc1ccccc1NC(=O)Cn1nc(C2CC2)c2cnn(-c3ccc(C)c(C)c3)c2c1=O. The molecule has 34 heavy (non-hydrogen) atoms. The highest BCUT2D eigenvalue weighted by atomic mass is 16.5. The lowest BCUT2D eigenvalue weighted by Gasteiger charge is -2.13. The topological polar surface area (TPSA) is 91.0 Å². The van der Waals surface area contributed by atoms with Gasteiger partial charge >= 0.3 is 0 Å². The number of benzene rings is 2. The summed E-state index contributed by atoms with van der Waals surface area (Å²) in [6.07, 6.45) is 3.75. The van der Waals surface area contributed by atoms with Crippen LogP contribution in [0.3, 0.4) is 0 Å². The molecule has 4 aromatic rings. The van der Waals surface area contributed by atoms with Crippen LogP contribution >= 0.6 is 0 Å². The number of nitrogens with zero attached hydrogens (tertiary/aromatic N) is 4. The molecular weight excluding hydrogens is 430 g/mol. The van der Waals surface area contributed by atoms with E-state index in [1.807, 2.05) is 51.1 Å². The van der Waals surface area contributed by atoms with Crippen LogP contribution in [0.15, 0.2) is 53.5 Å². The Kier molecular flexibility index (Phi) is 5.65. The zero-order valence-corrected chi connectivity index (χ0v) is 19.5. The number of hydrogen-bond donors (Lipinski definition) is 1. The molecule has 0 unspecified atom stereocenters. The quantitative estimate of drug-likeness (QED) is 0.451. The fourth-order valence-corrected chi connectivity index (χ4v) is 4.09. The van der Waals surface area contributed by atoms with Gasteiger partial charge in [-0.1, -0.05) is 18.2 Å². The van der Waals surface area contributed by atoms with Crippen LogP contribution in [0, 0.1) is 13.8 Å². The molecule has 2 heterocycles. The molecule has 1 aliphatic rings. The molecule has 8 heteroatoms. The zero-order valence-electron chi connectivity index (χ0n) is 19.5. The Labute approximate surface area is 197 Å². The van der Waals surface area contributed by atoms with E-state index in [1.165, 1.54) is 10.2 Å². The predicted octanol–water partition coefficient (Wildman–Crippen LogP) is 4.11. The molecule has 174 valence electrons. The van der Waals surface area contributed by atoms with Gasteiger partial charge in [-0.15, -0.1) is 0 Å². The second kappa shape index (κ2) is 8.78. The Bertz CT molecular complexity index is 1450. The van der Waals surface area contributed by atoms with Gasteiger partial charge in [0.15, 0.2) is 0 Å². The van der Waals surface area contributed by atoms with Crippen molar-refractivity contribution in [2.45, 2.75) is 46.1 Å². The summed E-state index contributed by atoms with van der Waals surface area (Å²) >= 11 is 0. The van der Waals surface area contributed by atoms with E-state index in [2.05, 4.69) is 15.5 Å². The van der Waals surface area contributed by atoms with E-state index in [9.17, 15) is 9.59 Å². The number of carbonyl (C=O) groups is 1. The fraction of sp³-hybridized carbons (Fsp3) is 0.308. The number of fused-ring (bicyclic) bond motifs is 1. The van der Waals surface area contributed by atoms with Crippen molar-refractivity contribution < 1.29 is 9.53 Å². The number of para-hydroxylation sites is 2. The lowest BCUT2D eigenvalue weighted by atomic mass is 10.1. The largest absolute Gasteiger partial charge is 0.492 e. The Morgan fingerprint density at radius 3 is 2.68 bits per heavy atom. The molecule has 0 atom stereocenters. The third-order valence-corrected chi connectivity index (χ3v) is 6.16. The molecule has 5 rings (SSSR count). The van der Waals surface area contributed by atoms with Crippen molar-refractivity contribution in [2.75, 3.05) is 11.9 Å². The normalized spacial score (nSPS) is 13.3. The third-order valence-electron chi connectivity index (χ3n) is 6.16. The maximum atomic E-state index is 13.5. The number of aromatic nitrogens is 4. The molecule has 1 saturated carbocycles. The van der Waals surface area contributed by atoms with E-state index in [-0.39, 0.29) is 23.9 Å². The van der Waals surface area contributed by atoms with Crippen molar-refractivity contribution >= 4 is 22.5 Å². The maximum absolute atomic E-state index is 13.5. The summed E-state index contributed by atoms with van der Waals surface area (Å²) in [5.74, 6) is 0.522. The van der Waals surface area contributed by atoms with Gasteiger partial charge in [0, 0.05) is 11.3 Å². The molecule has 0 aliphatic heterocycles. The molecule has 1 fully saturated rings. The molecule has 2 aromatic heterocycles. The number of anilines is 1. The van der Waals surface area contributed by atoms with Crippen molar-refractivity contribution in [3.8, 4) is 11.4 Å². The Morgan fingerprint density at radius 2 is 1.94 bits per heavy atom. The first kappa shape index (κ1) is 21.9. The van der Waals surface area contributed by atoms with Gasteiger partial charge in [0.2, 0.25) is 5.91 Å². The van der Waals surface area contributed by atoms with Crippen molar-refractivity contribution in [1.29, 1.82) is 0 Å². The number of ether oxygens (including phenoxy) is 1. The van der Waals surface area contributed by atoms with Crippen molar-refractivity contribution in [3.05, 3.63) is 75.8 Å². The van der Waals surface area contributed by atoms with E-state index in [0.29, 0.717) is 23.6 Å². The van der Waals surface area contributed by atoms with Crippen LogP contribution in [-0.2, 0) is 11.3 Å². The monoisotopic (exact) mass is 457 g/mol. The summed E-state index contributed by atoms with van der Waals surface area (Å²) < 4.78 is 8.51. The van der Waals surface area contributed by atoms with E-state index in [0.717, 1.165) is 35.2 Å². The van der Waals surface area contributed by atoms with Crippen LogP contribution in [0.1, 0.15) is 42.5 Å². The summed E-state index contributed by atoms with van der Waals surface area (Å²) in [7, 11) is 0. The number of carbonyl (C=O) groups excluding carboxylic acids is 1. The zero-order chi connectivity index (χ0) is 23.8. The Morgan fingerprint density at radius 1 is 1.15 bits per heavy atom. The molecule has 0 bridgehead atoms. The van der Waals surface area contributed by atoms with E-state index >= 15 is 0 Å². The van der Waals surface area contributed by atoms with Crippen LogP contribution in [0.4, 0.5) is 5.69 Å². The van der Waals surface area contributed by atoms with E-state index in [4.69, 9.17) is 4.74 Å². The summed E-state index contributed by atoms with van der Waals surface area (Å²) in [6, 6.07) is 13.2. The molecular formula is C26H27N5O3. The van der Waals surface area contributed by atoms with Crippen LogP contribution in [0.2, 0.25) is 0 Å². The maximum Gasteiger partial charge on any atom is 0.293 e. The van der Waals surface area contributed by atoms with Crippen molar-refractivity contribution in [2.24, 2.45) is 0 Å². The van der Waals surface area contributed by atoms with Gasteiger partial charge in [-0.3, -0.25) is 9.59 Å². The van der Waals surface area contributed by atoms with E-state index < -0.39 is 0 Å². The second-order valence-electron chi connectivity index (χ2n) is 8.69. The fourth-order valence-electron chi connectivity index (χ4n) is 4.09. The van der Waals surface area contributed by atoms with Gasteiger partial charge in [-0.2, -0.15) is 10.2 Å². The number of amides is 1. The minimum atomic E-state index is -0.347. The lowest BCUT2D eigenvalue weighted by molar-refractivity contribution is -0.117. The second-order valence-corrected chi connectivity index (χ2v) is 8.69. The highest BCUT2D eigenvalue weighted by molar-refractivity contribution is 5.92. The Hall–Kier alpha value is -3.94. The molecule has 0 saturated heterocycles. The standard InChI is InChI=1S/C26H27N5O3/c1-4-34-22-8-6-5-7-21(22)28-23(32)15-30-26(33)25-20(24(29-30)18-10-11-18)14-27-31(25)19-12-9-16(2)17(3)13-19/h5-9,12-14,18H,4,10-11,15H2,1-3H3,(H,28,32). The highest BCUT2D eigenvalue weighted by Gasteiger charge is 2.30. The first-order valence-electron chi connectivity index (χ1n) is 11.5. The summed E-state index contributed by atoms with van der Waals surface area (Å²) in [4.78, 5) is 26.4. The third kappa shape index (κ3) is 4.07. The highest BCUT2D eigenvalue weighted by Crippen LogP contribution is 2.41. The van der Waals surface area contributed by atoms with Gasteiger partial charge in [0.05, 0.1) is 29.9 Å². The molecule has 1 aliphatic carbocycles. The van der Waals surface area contributed by atoms with Gasteiger partial charge in [0.1, 0.15) is 17.8 Å². The Balaban J connectivity index is 1.54. The molecule has 2 aromatic carbocycles. The first-order chi connectivity index (χ1) is 16.5. The van der Waals surface area contributed by atoms with Gasteiger partial charge in [-0.05, 0) is 69.0 Å². The van der Waals surface area contributed by atoms with Crippen LogP contribution in [0.25, 0.3) is 16.6 Å². The molecule has 0 spiro atoms. The van der Waals surface area contributed by atoms with Crippen molar-refractivity contribution in [1.82, 2.24) is 19.6 Å². The summed E-state index contributed by atoms with van der Waals surface area (Å²) in [6.45, 7) is 6.25. The van der Waals surface area contributed by atoms with Crippen LogP contribution in [-0.4, -0.2) is 32.1 Å². The average molecular weight is 458 g/mol. The molecule has 8 nitrogen and oxygen atoms in total. The van der Waals surface area contributed by atoms with Gasteiger partial charge in [-0.25, -0.2) is 9.36 Å². The number of hydrogen-bond acceptors (Lipinski definition) is 5. The minimum Gasteiger partial charge on any atom is -0.492 e. The van der Waals surface area contributed by atoms with Crippen LogP contribution < -0.4 is 15.6 Å². The summed E-state index contributed by atoms with van der Waals surface area (Å²) in [5, 5.41) is 12.7. The minimum absolute atomic E-state index is 0.201. The smallest absolute Gasteiger partial charge is 0.293 e. The van der Waals surface area contributed by atoms with Crippen molar-refractivity contribution in [3.63, 3.8) is 0 Å². The predicted molar refractivity (Wildman–Crippen MR) is 131 cm³/mol. The average Bonchev–Trinajstić information content (AvgIpc) is 3.57. The number of rotatable bonds is 7. The van der Waals surface area contributed by atoms with E-state index in [1.54, 1.807) is 23.0 Å². The summed E-state index contributed by atoms with van der Waals surface area (Å²) in [5.41, 5.74) is 4.58. The number of aryl methyl sites for hydroxylation is 2. The molecule has 0 radical (unpaired) electrons. The molecule has 1 N–H and O–H groups in total. The first-order valence-corrected chi connectivity index (χ1v) is 11.5. The van der Waals surface area contributed by atoms with Gasteiger partial charge in [0.25, 0.3) is 5.56 Å². The number of nitrogens with one attached hydrogen (secondary N) is 1. The molecule has 1 amide bonds. The van der Waals surface area contributed by atoms with Crippen LogP contribution in [0.5, 0.6) is 5.75 Å².